The Morgan fingerprint density at radius 3 is 2.29 bits per heavy atom. The Labute approximate surface area is 119 Å². The molecule has 3 aromatic rings. The van der Waals surface area contributed by atoms with Crippen LogP contribution < -0.4 is 0 Å². The van der Waals surface area contributed by atoms with Crippen LogP contribution in [0, 0.1) is 0 Å². The highest BCUT2D eigenvalue weighted by molar-refractivity contribution is 5.73. The van der Waals surface area contributed by atoms with Crippen LogP contribution in [0.4, 0.5) is 13.2 Å². The van der Waals surface area contributed by atoms with Gasteiger partial charge in [0.05, 0.1) is 23.8 Å². The molecule has 3 rings (SSSR count). The number of hydrogen-bond donors (Lipinski definition) is 2. The number of nitrogens with one attached hydrogen (secondary N) is 1. The third-order valence-corrected chi connectivity index (χ3v) is 2.67. The summed E-state index contributed by atoms with van der Waals surface area (Å²) in [5, 5.41) is 8.77. The Morgan fingerprint density at radius 2 is 1.67 bits per heavy atom. The van der Waals surface area contributed by atoms with Gasteiger partial charge in [0, 0.05) is 0 Å². The minimum atomic E-state index is -4.18. The van der Waals surface area contributed by atoms with Crippen molar-refractivity contribution in [2.24, 2.45) is 0 Å². The van der Waals surface area contributed by atoms with E-state index in [-0.39, 0.29) is 11.3 Å². The van der Waals surface area contributed by atoms with Crippen LogP contribution >= 0.6 is 0 Å². The predicted octanol–water partition coefficient (Wildman–Crippen LogP) is 4.06. The van der Waals surface area contributed by atoms with E-state index in [0.29, 0.717) is 0 Å². The Kier molecular flexibility index (Phi) is 4.47. The van der Waals surface area contributed by atoms with Crippen LogP contribution in [-0.2, 0) is 6.42 Å². The van der Waals surface area contributed by atoms with Gasteiger partial charge in [0.2, 0.25) is 0 Å². The van der Waals surface area contributed by atoms with E-state index in [2.05, 4.69) is 9.97 Å². The van der Waals surface area contributed by atoms with Crippen molar-refractivity contribution in [3.05, 3.63) is 60.4 Å². The Hall–Kier alpha value is -2.50. The molecule has 1 heterocycles. The van der Waals surface area contributed by atoms with Crippen molar-refractivity contribution >= 4 is 11.0 Å². The van der Waals surface area contributed by atoms with E-state index in [1.54, 1.807) is 6.33 Å². The molecule has 0 fully saturated rings. The summed E-state index contributed by atoms with van der Waals surface area (Å²) in [6, 6.07) is 12.9. The van der Waals surface area contributed by atoms with E-state index in [9.17, 15) is 13.2 Å². The predicted molar refractivity (Wildman–Crippen MR) is 74.0 cm³/mol. The summed E-state index contributed by atoms with van der Waals surface area (Å²) in [4.78, 5) is 7.07. The first-order valence-electron chi connectivity index (χ1n) is 6.17. The van der Waals surface area contributed by atoms with Gasteiger partial charge in [-0.15, -0.1) is 0 Å². The lowest BCUT2D eigenvalue weighted by Crippen LogP contribution is -2.11. The number of alkyl halides is 3. The van der Waals surface area contributed by atoms with Crippen LogP contribution in [0.25, 0.3) is 11.0 Å². The molecule has 0 bridgehead atoms. The van der Waals surface area contributed by atoms with E-state index >= 15 is 0 Å². The summed E-state index contributed by atoms with van der Waals surface area (Å²) in [6.45, 7) is 0. The molecule has 0 amide bonds. The molecule has 0 spiro atoms. The lowest BCUT2D eigenvalue weighted by molar-refractivity contribution is -0.127. The highest BCUT2D eigenvalue weighted by Crippen LogP contribution is 2.22. The summed E-state index contributed by atoms with van der Waals surface area (Å²) in [6.07, 6.45) is -3.44. The quantitative estimate of drug-likeness (QED) is 0.711. The van der Waals surface area contributed by atoms with Crippen molar-refractivity contribution in [3.63, 3.8) is 0 Å². The molecule has 0 saturated carbocycles. The van der Waals surface area contributed by atoms with Gasteiger partial charge in [-0.1, -0.05) is 24.3 Å². The topological polar surface area (TPSA) is 48.9 Å². The number of aromatic amines is 1. The largest absolute Gasteiger partial charge is 0.508 e. The fourth-order valence-electron chi connectivity index (χ4n) is 1.72. The van der Waals surface area contributed by atoms with Gasteiger partial charge >= 0.3 is 6.18 Å². The molecule has 0 radical (unpaired) electrons. The normalized spacial score (nSPS) is 11.0. The molecule has 0 aliphatic carbocycles. The molecule has 110 valence electrons. The number of aromatic nitrogens is 2. The number of hydrogen-bond acceptors (Lipinski definition) is 2. The molecule has 21 heavy (non-hydrogen) atoms. The van der Waals surface area contributed by atoms with E-state index in [4.69, 9.17) is 5.11 Å². The number of rotatable bonds is 1. The molecule has 0 aliphatic heterocycles. The second-order valence-electron chi connectivity index (χ2n) is 4.38. The lowest BCUT2D eigenvalue weighted by Gasteiger charge is -2.05. The van der Waals surface area contributed by atoms with Crippen LogP contribution in [0.3, 0.4) is 0 Å². The fraction of sp³-hybridized carbons (Fsp3) is 0.133. The summed E-state index contributed by atoms with van der Waals surface area (Å²) in [5.74, 6) is -0.0269. The zero-order valence-electron chi connectivity index (χ0n) is 10.9. The summed E-state index contributed by atoms with van der Waals surface area (Å²) in [5.41, 5.74) is 2.27. The van der Waals surface area contributed by atoms with Crippen LogP contribution in [0.2, 0.25) is 0 Å². The number of benzene rings is 2. The maximum Gasteiger partial charge on any atom is 0.393 e. The zero-order valence-corrected chi connectivity index (χ0v) is 10.9. The van der Waals surface area contributed by atoms with E-state index in [1.807, 2.05) is 24.3 Å². The highest BCUT2D eigenvalue weighted by Gasteiger charge is 2.27. The number of halogens is 3. The average Bonchev–Trinajstić information content (AvgIpc) is 2.89. The Balaban J connectivity index is 0.000000159. The van der Waals surface area contributed by atoms with Gasteiger partial charge in [0.25, 0.3) is 0 Å². The second-order valence-corrected chi connectivity index (χ2v) is 4.38. The van der Waals surface area contributed by atoms with Crippen LogP contribution in [0.15, 0.2) is 54.9 Å². The smallest absolute Gasteiger partial charge is 0.393 e. The van der Waals surface area contributed by atoms with Crippen molar-refractivity contribution in [1.29, 1.82) is 0 Å². The number of nitrogens with zero attached hydrogens (tertiary/aromatic N) is 1. The maximum atomic E-state index is 11.8. The number of fused-ring (bicyclic) bond motifs is 1. The molecule has 0 aliphatic rings. The molecule has 0 unspecified atom stereocenters. The first kappa shape index (κ1) is 14.9. The molecule has 0 saturated heterocycles. The molecule has 3 nitrogen and oxygen atoms in total. The molecule has 0 atom stereocenters. The third kappa shape index (κ3) is 4.83. The van der Waals surface area contributed by atoms with Crippen LogP contribution in [0.5, 0.6) is 5.75 Å². The van der Waals surface area contributed by atoms with Gasteiger partial charge in [0.15, 0.2) is 0 Å². The van der Waals surface area contributed by atoms with Gasteiger partial charge in [-0.3, -0.25) is 0 Å². The lowest BCUT2D eigenvalue weighted by atomic mass is 10.1. The first-order chi connectivity index (χ1) is 9.94. The number of phenolic OH excluding ortho intramolecular Hbond substituents is 1. The van der Waals surface area contributed by atoms with Crippen LogP contribution in [-0.4, -0.2) is 21.3 Å². The van der Waals surface area contributed by atoms with E-state index in [0.717, 1.165) is 11.0 Å². The van der Waals surface area contributed by atoms with Gasteiger partial charge < -0.3 is 10.1 Å². The molecular formula is C15H13F3N2O. The summed E-state index contributed by atoms with van der Waals surface area (Å²) in [7, 11) is 0. The molecule has 6 heteroatoms. The SMILES string of the molecule is Oc1ccc(CC(F)(F)F)cc1.c1ccc2[nH]cnc2c1. The monoisotopic (exact) mass is 294 g/mol. The minimum absolute atomic E-state index is 0.0269. The number of H-pyrrole nitrogens is 1. The Bertz CT molecular complexity index is 660. The van der Waals surface area contributed by atoms with Gasteiger partial charge in [-0.25, -0.2) is 4.98 Å². The summed E-state index contributed by atoms with van der Waals surface area (Å²) < 4.78 is 35.3. The molecule has 2 N–H and O–H groups in total. The highest BCUT2D eigenvalue weighted by atomic mass is 19.4. The second kappa shape index (κ2) is 6.30. The van der Waals surface area contributed by atoms with Gasteiger partial charge in [0.1, 0.15) is 5.75 Å². The number of phenols is 1. The van der Waals surface area contributed by atoms with Gasteiger partial charge in [-0.2, -0.15) is 13.2 Å². The Morgan fingerprint density at radius 1 is 1.00 bits per heavy atom. The maximum absolute atomic E-state index is 11.8. The van der Waals surface area contributed by atoms with Crippen molar-refractivity contribution in [2.45, 2.75) is 12.6 Å². The standard InChI is InChI=1S/C8H7F3O.C7H6N2/c9-8(10,11)5-6-1-3-7(12)4-2-6;1-2-4-7-6(3-1)8-5-9-7/h1-4,12H,5H2;1-5H,(H,8,9). The van der Waals surface area contributed by atoms with Crippen molar-refractivity contribution in [1.82, 2.24) is 9.97 Å². The van der Waals surface area contributed by atoms with E-state index < -0.39 is 12.6 Å². The first-order valence-corrected chi connectivity index (χ1v) is 6.17. The average molecular weight is 294 g/mol. The van der Waals surface area contributed by atoms with E-state index in [1.165, 1.54) is 24.3 Å². The molecular weight excluding hydrogens is 281 g/mol. The summed E-state index contributed by atoms with van der Waals surface area (Å²) >= 11 is 0. The van der Waals surface area contributed by atoms with Crippen LogP contribution in [0.1, 0.15) is 5.56 Å². The molecule has 1 aromatic heterocycles. The third-order valence-electron chi connectivity index (χ3n) is 2.67. The molecule has 2 aromatic carbocycles. The number of imidazole rings is 1. The fourth-order valence-corrected chi connectivity index (χ4v) is 1.72. The van der Waals surface area contributed by atoms with Crippen molar-refractivity contribution < 1.29 is 18.3 Å². The number of para-hydroxylation sites is 2. The minimum Gasteiger partial charge on any atom is -0.508 e. The van der Waals surface area contributed by atoms with Crippen molar-refractivity contribution in [2.75, 3.05) is 0 Å². The zero-order chi connectivity index (χ0) is 15.3. The van der Waals surface area contributed by atoms with Crippen molar-refractivity contribution in [3.8, 4) is 5.75 Å². The van der Waals surface area contributed by atoms with Gasteiger partial charge in [-0.05, 0) is 29.8 Å². The number of aromatic hydroxyl groups is 1.